The molecule has 0 saturated heterocycles. The summed E-state index contributed by atoms with van der Waals surface area (Å²) < 4.78 is 27.5. The molecule has 0 unspecified atom stereocenters. The minimum Gasteiger partial charge on any atom is -0.346 e. The maximum Gasteiger partial charge on any atom is 0.300 e. The lowest BCUT2D eigenvalue weighted by Gasteiger charge is -2.09. The summed E-state index contributed by atoms with van der Waals surface area (Å²) in [6.45, 7) is 1.74. The van der Waals surface area contributed by atoms with Crippen LogP contribution >= 0.6 is 0 Å². The van der Waals surface area contributed by atoms with Crippen LogP contribution in [-0.4, -0.2) is 24.3 Å². The van der Waals surface area contributed by atoms with E-state index in [4.69, 9.17) is 0 Å². The molecule has 27 heavy (non-hydrogen) atoms. The lowest BCUT2D eigenvalue weighted by atomic mass is 10.2. The number of carbonyl (C=O) groups excluding carboxylic acids is 1. The molecule has 8 heteroatoms. The van der Waals surface area contributed by atoms with Crippen LogP contribution in [0.15, 0.2) is 48.8 Å². The molecule has 0 aliphatic rings. The van der Waals surface area contributed by atoms with Gasteiger partial charge >= 0.3 is 0 Å². The molecule has 0 saturated carbocycles. The van der Waals surface area contributed by atoms with Crippen LogP contribution in [0.5, 0.6) is 0 Å². The molecule has 3 aromatic rings. The number of H-pyrrole nitrogens is 1. The van der Waals surface area contributed by atoms with E-state index in [-0.39, 0.29) is 12.3 Å². The number of carbonyl (C=O) groups is 1. The van der Waals surface area contributed by atoms with Crippen molar-refractivity contribution in [3.63, 3.8) is 0 Å². The van der Waals surface area contributed by atoms with E-state index in [0.29, 0.717) is 16.9 Å². The van der Waals surface area contributed by atoms with Gasteiger partial charge in [-0.3, -0.25) is 4.79 Å². The molecule has 2 heterocycles. The molecule has 138 valence electrons. The van der Waals surface area contributed by atoms with Crippen LogP contribution in [-0.2, 0) is 27.1 Å². The van der Waals surface area contributed by atoms with Crippen LogP contribution in [0.25, 0.3) is 11.0 Å². The number of sulfonamides is 1. The smallest absolute Gasteiger partial charge is 0.300 e. The molecule has 2 aromatic heterocycles. The Hall–Kier alpha value is -3.15. The van der Waals surface area contributed by atoms with Crippen molar-refractivity contribution < 1.29 is 13.2 Å². The van der Waals surface area contributed by atoms with Gasteiger partial charge in [-0.15, -0.1) is 0 Å². The van der Waals surface area contributed by atoms with Gasteiger partial charge in [0.15, 0.2) is 0 Å². The van der Waals surface area contributed by atoms with Crippen molar-refractivity contribution in [2.75, 3.05) is 5.32 Å². The van der Waals surface area contributed by atoms with Gasteiger partial charge in [-0.2, -0.15) is 0 Å². The Morgan fingerprint density at radius 1 is 1.26 bits per heavy atom. The maximum atomic E-state index is 12.4. The zero-order chi connectivity index (χ0) is 19.3. The summed E-state index contributed by atoms with van der Waals surface area (Å²) in [5.74, 6) is 4.25. The first-order chi connectivity index (χ1) is 13.0. The number of fused-ring (bicyclic) bond motifs is 1. The molecular weight excluding hydrogens is 364 g/mol. The molecule has 0 aliphatic heterocycles. The topological polar surface area (TPSA) is 104 Å². The molecule has 0 radical (unpaired) electrons. The molecule has 0 bridgehead atoms. The lowest BCUT2D eigenvalue weighted by molar-refractivity contribution is -0.111. The number of hydrogen-bond acceptors (Lipinski definition) is 4. The number of pyridine rings is 1. The third kappa shape index (κ3) is 4.94. The highest BCUT2D eigenvalue weighted by molar-refractivity contribution is 7.88. The predicted octanol–water partition coefficient (Wildman–Crippen LogP) is 2.14. The summed E-state index contributed by atoms with van der Waals surface area (Å²) in [5, 5.41) is 3.48. The summed E-state index contributed by atoms with van der Waals surface area (Å²) in [6.07, 6.45) is 3.40. The molecule has 0 aliphatic carbocycles. The van der Waals surface area contributed by atoms with Gasteiger partial charge in [0.05, 0.1) is 5.75 Å². The molecule has 3 N–H and O–H groups in total. The second kappa shape index (κ2) is 8.03. The van der Waals surface area contributed by atoms with Crippen molar-refractivity contribution in [3.05, 3.63) is 59.9 Å². The van der Waals surface area contributed by atoms with Crippen molar-refractivity contribution in [3.8, 4) is 11.8 Å². The van der Waals surface area contributed by atoms with Crippen LogP contribution in [0.1, 0.15) is 18.1 Å². The highest BCUT2D eigenvalue weighted by atomic mass is 32.2. The first-order valence-electron chi connectivity index (χ1n) is 8.18. The number of amides is 1. The minimum absolute atomic E-state index is 0.168. The summed E-state index contributed by atoms with van der Waals surface area (Å²) in [7, 11) is -3.56. The molecule has 0 atom stereocenters. The Kier molecular flexibility index (Phi) is 5.54. The average molecular weight is 382 g/mol. The second-order valence-electron chi connectivity index (χ2n) is 5.82. The third-order valence-corrected chi connectivity index (χ3v) is 5.11. The molecule has 1 aromatic carbocycles. The Bertz CT molecular complexity index is 1140. The quantitative estimate of drug-likeness (QED) is 0.568. The van der Waals surface area contributed by atoms with Gasteiger partial charge in [0, 0.05) is 30.0 Å². The van der Waals surface area contributed by atoms with Crippen molar-refractivity contribution in [2.24, 2.45) is 0 Å². The Labute approximate surface area is 157 Å². The predicted molar refractivity (Wildman–Crippen MR) is 104 cm³/mol. The van der Waals surface area contributed by atoms with Crippen molar-refractivity contribution >= 4 is 32.7 Å². The number of hydrogen-bond donors (Lipinski definition) is 3. The number of benzene rings is 1. The fraction of sp³-hybridized carbons (Fsp3) is 0.158. The van der Waals surface area contributed by atoms with Crippen LogP contribution in [0.4, 0.5) is 5.69 Å². The molecular formula is C19H18N4O3S. The van der Waals surface area contributed by atoms with E-state index in [0.717, 1.165) is 10.9 Å². The zero-order valence-electron chi connectivity index (χ0n) is 14.6. The first kappa shape index (κ1) is 18.6. The normalized spacial score (nSPS) is 11.0. The molecule has 1 amide bonds. The van der Waals surface area contributed by atoms with E-state index >= 15 is 0 Å². The Balaban J connectivity index is 1.68. The number of anilines is 1. The highest BCUT2D eigenvalue weighted by Gasteiger charge is 2.13. The van der Waals surface area contributed by atoms with Crippen molar-refractivity contribution in [2.45, 2.75) is 19.2 Å². The van der Waals surface area contributed by atoms with Crippen molar-refractivity contribution in [1.82, 2.24) is 14.7 Å². The van der Waals surface area contributed by atoms with Crippen molar-refractivity contribution in [1.29, 1.82) is 0 Å². The number of nitrogens with one attached hydrogen (secondary N) is 3. The molecule has 3 rings (SSSR count). The van der Waals surface area contributed by atoms with E-state index in [9.17, 15) is 13.2 Å². The number of aromatic amines is 1. The first-order valence-corrected chi connectivity index (χ1v) is 9.83. The van der Waals surface area contributed by atoms with Gasteiger partial charge in [0.2, 0.25) is 10.0 Å². The third-order valence-electron chi connectivity index (χ3n) is 3.81. The average Bonchev–Trinajstić information content (AvgIpc) is 3.09. The minimum atomic E-state index is -3.56. The van der Waals surface area contributed by atoms with E-state index in [1.165, 1.54) is 0 Å². The van der Waals surface area contributed by atoms with E-state index < -0.39 is 15.9 Å². The van der Waals surface area contributed by atoms with Crippen LogP contribution in [0, 0.1) is 11.8 Å². The monoisotopic (exact) mass is 382 g/mol. The maximum absolute atomic E-state index is 12.4. The van der Waals surface area contributed by atoms with Gasteiger partial charge in [-0.05, 0) is 48.2 Å². The summed E-state index contributed by atoms with van der Waals surface area (Å²) in [6, 6.07) is 10.3. The van der Waals surface area contributed by atoms with Crippen LogP contribution < -0.4 is 10.0 Å². The fourth-order valence-corrected chi connectivity index (χ4v) is 3.74. The summed E-state index contributed by atoms with van der Waals surface area (Å²) in [5.41, 5.74) is 2.61. The summed E-state index contributed by atoms with van der Waals surface area (Å²) in [4.78, 5) is 18.7. The fourth-order valence-electron chi connectivity index (χ4n) is 2.65. The number of aromatic nitrogens is 2. The van der Waals surface area contributed by atoms with Gasteiger partial charge in [-0.1, -0.05) is 18.1 Å². The van der Waals surface area contributed by atoms with Crippen LogP contribution in [0.3, 0.4) is 0 Å². The largest absolute Gasteiger partial charge is 0.346 e. The molecule has 0 spiro atoms. The van der Waals surface area contributed by atoms with Crippen LogP contribution in [0.2, 0.25) is 0 Å². The van der Waals surface area contributed by atoms with E-state index in [1.54, 1.807) is 49.6 Å². The second-order valence-corrected chi connectivity index (χ2v) is 7.63. The highest BCUT2D eigenvalue weighted by Crippen LogP contribution is 2.16. The molecule has 7 nitrogen and oxygen atoms in total. The Morgan fingerprint density at radius 2 is 2.11 bits per heavy atom. The standard InChI is InChI=1S/C19H18N4O3S/c1-2-4-18(24)23-16-6-3-5-14(11-16)13-27(25,26)22-12-15-7-9-20-19-17(15)8-10-21-19/h3,5-11,22H,12-13H2,1H3,(H,20,21)(H,23,24). The SMILES string of the molecule is CC#CC(=O)Nc1cccc(CS(=O)(=O)NCc2ccnc3[nH]ccc23)c1. The van der Waals surface area contributed by atoms with Gasteiger partial charge in [-0.25, -0.2) is 18.1 Å². The Morgan fingerprint density at radius 3 is 2.93 bits per heavy atom. The van der Waals surface area contributed by atoms with Gasteiger partial charge in [0.1, 0.15) is 5.65 Å². The molecule has 0 fully saturated rings. The number of nitrogens with zero attached hydrogens (tertiary/aromatic N) is 1. The van der Waals surface area contributed by atoms with Gasteiger partial charge in [0.25, 0.3) is 5.91 Å². The van der Waals surface area contributed by atoms with E-state index in [1.807, 2.05) is 6.07 Å². The summed E-state index contributed by atoms with van der Waals surface area (Å²) >= 11 is 0. The number of rotatable bonds is 6. The lowest BCUT2D eigenvalue weighted by Crippen LogP contribution is -2.24. The van der Waals surface area contributed by atoms with Gasteiger partial charge < -0.3 is 10.3 Å². The van der Waals surface area contributed by atoms with E-state index in [2.05, 4.69) is 31.8 Å². The zero-order valence-corrected chi connectivity index (χ0v) is 15.4.